The summed E-state index contributed by atoms with van der Waals surface area (Å²) >= 11 is 1.73. The molecule has 1 aliphatic rings. The minimum Gasteiger partial charge on any atom is -0.475 e. The van der Waals surface area contributed by atoms with Crippen LogP contribution in [0, 0.1) is 0 Å². The first-order valence-electron chi connectivity index (χ1n) is 10.1. The summed E-state index contributed by atoms with van der Waals surface area (Å²) in [6.45, 7) is 0.646. The summed E-state index contributed by atoms with van der Waals surface area (Å²) in [4.78, 5) is 40.7. The molecule has 1 aliphatic heterocycles. The molecule has 178 valence electrons. The Morgan fingerprint density at radius 2 is 1.83 bits per heavy atom. The molecule has 0 spiro atoms. The molecule has 2 aromatic carbocycles. The van der Waals surface area contributed by atoms with Crippen LogP contribution >= 0.6 is 11.3 Å². The zero-order valence-corrected chi connectivity index (χ0v) is 18.5. The van der Waals surface area contributed by atoms with Crippen LogP contribution in [0.15, 0.2) is 70.6 Å². The van der Waals surface area contributed by atoms with Crippen LogP contribution < -0.4 is 10.9 Å². The monoisotopic (exact) mass is 499 g/mol. The number of aliphatic imine (C=N–C) groups is 1. The normalized spacial score (nSPS) is 12.1. The Bertz CT molecular complexity index is 1470. The lowest BCUT2D eigenvalue weighted by Gasteiger charge is -2.11. The van der Waals surface area contributed by atoms with Gasteiger partial charge in [0, 0.05) is 39.3 Å². The first-order chi connectivity index (χ1) is 16.6. The number of amides is 1. The predicted octanol–water partition coefficient (Wildman–Crippen LogP) is 5.07. The molecule has 0 unspecified atom stereocenters. The molecule has 5 rings (SSSR count). The molecule has 0 saturated carbocycles. The smallest absolute Gasteiger partial charge is 0.475 e. The molecule has 0 aliphatic carbocycles. The predicted molar refractivity (Wildman–Crippen MR) is 127 cm³/mol. The molecule has 0 fully saturated rings. The van der Waals surface area contributed by atoms with Gasteiger partial charge in [-0.15, -0.1) is 11.3 Å². The number of benzene rings is 2. The number of rotatable bonds is 3. The molecular weight excluding hydrogens is 483 g/mol. The van der Waals surface area contributed by atoms with Gasteiger partial charge >= 0.3 is 12.1 Å². The third kappa shape index (κ3) is 5.46. The first kappa shape index (κ1) is 23.9. The molecular formula is C24H16F3N3O4S. The van der Waals surface area contributed by atoms with E-state index in [4.69, 9.17) is 9.90 Å². The Morgan fingerprint density at radius 1 is 1.09 bits per heavy atom. The van der Waals surface area contributed by atoms with E-state index in [9.17, 15) is 22.8 Å². The fourth-order valence-corrected chi connectivity index (χ4v) is 4.49. The van der Waals surface area contributed by atoms with E-state index in [0.717, 1.165) is 16.0 Å². The number of alkyl halides is 3. The van der Waals surface area contributed by atoms with Crippen molar-refractivity contribution in [1.82, 2.24) is 4.98 Å². The lowest BCUT2D eigenvalue weighted by Crippen LogP contribution is -2.21. The highest BCUT2D eigenvalue weighted by Gasteiger charge is 2.38. The number of carbonyl (C=O) groups is 2. The summed E-state index contributed by atoms with van der Waals surface area (Å²) in [6, 6.07) is 17.3. The highest BCUT2D eigenvalue weighted by molar-refractivity contribution is 7.22. The van der Waals surface area contributed by atoms with Gasteiger partial charge in [0.15, 0.2) is 0 Å². The van der Waals surface area contributed by atoms with Gasteiger partial charge in [0.05, 0.1) is 12.1 Å². The second-order valence-electron chi connectivity index (χ2n) is 7.41. The summed E-state index contributed by atoms with van der Waals surface area (Å²) in [5.74, 6) is -3.03. The Labute approximate surface area is 199 Å². The second-order valence-corrected chi connectivity index (χ2v) is 8.49. The van der Waals surface area contributed by atoms with Crippen LogP contribution in [0.4, 0.5) is 18.9 Å². The molecule has 7 nitrogen and oxygen atoms in total. The van der Waals surface area contributed by atoms with Crippen molar-refractivity contribution >= 4 is 45.2 Å². The average Bonchev–Trinajstić information content (AvgIpc) is 3.45. The summed E-state index contributed by atoms with van der Waals surface area (Å²) in [5.41, 5.74) is 4.15. The molecule has 4 aromatic rings. The van der Waals surface area contributed by atoms with Crippen molar-refractivity contribution in [3.8, 4) is 10.4 Å². The fourth-order valence-electron chi connectivity index (χ4n) is 3.38. The summed E-state index contributed by atoms with van der Waals surface area (Å²) in [6.07, 6.45) is -1.82. The number of H-pyrrole nitrogens is 1. The van der Waals surface area contributed by atoms with Crippen LogP contribution in [0.1, 0.15) is 21.5 Å². The van der Waals surface area contributed by atoms with E-state index in [-0.39, 0.29) is 11.5 Å². The van der Waals surface area contributed by atoms with E-state index in [1.165, 1.54) is 34.0 Å². The number of carbonyl (C=O) groups excluding carboxylic acids is 1. The Hall–Kier alpha value is -4.25. The number of pyridine rings is 1. The number of carboxylic acids is 1. The van der Waals surface area contributed by atoms with Crippen LogP contribution in [0.5, 0.6) is 0 Å². The number of nitrogens with one attached hydrogen (secondary N) is 2. The number of aromatic nitrogens is 1. The van der Waals surface area contributed by atoms with Gasteiger partial charge in [-0.3, -0.25) is 14.6 Å². The van der Waals surface area contributed by atoms with Gasteiger partial charge in [0.2, 0.25) is 5.56 Å². The van der Waals surface area contributed by atoms with Crippen molar-refractivity contribution in [1.29, 1.82) is 0 Å². The molecule has 0 radical (unpaired) electrons. The highest BCUT2D eigenvalue weighted by atomic mass is 32.1. The molecule has 11 heteroatoms. The van der Waals surface area contributed by atoms with E-state index in [2.05, 4.69) is 33.5 Å². The third-order valence-electron chi connectivity index (χ3n) is 5.00. The maximum atomic E-state index is 12.6. The SMILES string of the molecule is O=C(Nc1cc2c(c(-c3cc4ccccc4s3)c1)CN=C2)c1ccc(=O)[nH]c1.O=C(O)C(F)(F)F. The zero-order valence-electron chi connectivity index (χ0n) is 17.7. The lowest BCUT2D eigenvalue weighted by molar-refractivity contribution is -0.192. The summed E-state index contributed by atoms with van der Waals surface area (Å²) in [5, 5.41) is 11.3. The number of carboxylic acid groups (broad SMARTS) is 1. The maximum Gasteiger partial charge on any atom is 0.490 e. The van der Waals surface area contributed by atoms with Crippen molar-refractivity contribution in [2.45, 2.75) is 12.7 Å². The number of halogens is 3. The van der Waals surface area contributed by atoms with Crippen LogP contribution in [0.25, 0.3) is 20.5 Å². The van der Waals surface area contributed by atoms with E-state index >= 15 is 0 Å². The van der Waals surface area contributed by atoms with Gasteiger partial charge in [0.1, 0.15) is 0 Å². The largest absolute Gasteiger partial charge is 0.490 e. The van der Waals surface area contributed by atoms with E-state index in [1.54, 1.807) is 11.3 Å². The van der Waals surface area contributed by atoms with Crippen LogP contribution in [-0.2, 0) is 11.3 Å². The van der Waals surface area contributed by atoms with Gasteiger partial charge in [-0.05, 0) is 46.8 Å². The van der Waals surface area contributed by atoms with Crippen molar-refractivity contribution in [3.63, 3.8) is 0 Å². The van der Waals surface area contributed by atoms with Crippen molar-refractivity contribution in [2.75, 3.05) is 5.32 Å². The second kappa shape index (κ2) is 9.55. The topological polar surface area (TPSA) is 112 Å². The number of aromatic amines is 1. The molecule has 35 heavy (non-hydrogen) atoms. The van der Waals surface area contributed by atoms with E-state index < -0.39 is 12.1 Å². The number of nitrogens with zero attached hydrogens (tertiary/aromatic N) is 1. The van der Waals surface area contributed by atoms with Crippen molar-refractivity contribution in [3.05, 3.63) is 87.8 Å². The Kier molecular flexibility index (Phi) is 6.52. The van der Waals surface area contributed by atoms with Gasteiger partial charge in [0.25, 0.3) is 5.91 Å². The third-order valence-corrected chi connectivity index (χ3v) is 6.15. The lowest BCUT2D eigenvalue weighted by atomic mass is 10.00. The Balaban J connectivity index is 0.000000364. The molecule has 0 bridgehead atoms. The average molecular weight is 499 g/mol. The molecule has 3 heterocycles. The number of aliphatic carboxylic acids is 1. The summed E-state index contributed by atoms with van der Waals surface area (Å²) in [7, 11) is 0. The van der Waals surface area contributed by atoms with Crippen LogP contribution in [0.2, 0.25) is 0 Å². The molecule has 1 amide bonds. The number of anilines is 1. The molecule has 3 N–H and O–H groups in total. The van der Waals surface area contributed by atoms with Crippen LogP contribution in [-0.4, -0.2) is 34.4 Å². The molecule has 0 saturated heterocycles. The number of hydrogen-bond acceptors (Lipinski definition) is 5. The Morgan fingerprint density at radius 3 is 2.49 bits per heavy atom. The fraction of sp³-hybridized carbons (Fsp3) is 0.0833. The van der Waals surface area contributed by atoms with Gasteiger partial charge in [-0.1, -0.05) is 18.2 Å². The number of fused-ring (bicyclic) bond motifs is 2. The van der Waals surface area contributed by atoms with Gasteiger partial charge < -0.3 is 15.4 Å². The number of hydrogen-bond donors (Lipinski definition) is 3. The number of thiophene rings is 1. The first-order valence-corrected chi connectivity index (χ1v) is 10.9. The maximum absolute atomic E-state index is 12.6. The van der Waals surface area contributed by atoms with E-state index in [1.807, 2.05) is 30.5 Å². The quantitative estimate of drug-likeness (QED) is 0.365. The van der Waals surface area contributed by atoms with Crippen molar-refractivity contribution in [2.24, 2.45) is 4.99 Å². The minimum atomic E-state index is -5.08. The standard InChI is InChI=1S/C22H15N3O2S.C2HF3O2/c26-21-6-5-14(11-24-21)22(27)25-16-7-15-10-23-12-18(15)17(9-16)20-8-13-3-1-2-4-19(13)28-20;3-2(4,5)1(6)7/h1-11H,12H2,(H,24,26)(H,25,27);(H,6,7). The summed E-state index contributed by atoms with van der Waals surface area (Å²) < 4.78 is 33.0. The highest BCUT2D eigenvalue weighted by Crippen LogP contribution is 2.39. The van der Waals surface area contributed by atoms with Gasteiger partial charge in [-0.2, -0.15) is 13.2 Å². The minimum absolute atomic E-state index is 0.239. The van der Waals surface area contributed by atoms with Gasteiger partial charge in [-0.25, -0.2) is 4.79 Å². The van der Waals surface area contributed by atoms with E-state index in [0.29, 0.717) is 17.8 Å². The molecule has 0 atom stereocenters. The van der Waals surface area contributed by atoms with Crippen LogP contribution in [0.3, 0.4) is 0 Å². The van der Waals surface area contributed by atoms with Crippen molar-refractivity contribution < 1.29 is 27.9 Å². The molecule has 2 aromatic heterocycles. The zero-order chi connectivity index (χ0) is 25.2.